The third-order valence-corrected chi connectivity index (χ3v) is 7.36. The molecule has 0 saturated carbocycles. The number of nitrogens with zero attached hydrogens (tertiary/aromatic N) is 2. The van der Waals surface area contributed by atoms with Crippen LogP contribution < -0.4 is 0 Å². The Balaban J connectivity index is 2.29. The first-order valence-electron chi connectivity index (χ1n) is 12.6. The van der Waals surface area contributed by atoms with Crippen LogP contribution in [0.5, 0.6) is 34.5 Å². The fourth-order valence-electron chi connectivity index (χ4n) is 5.74. The van der Waals surface area contributed by atoms with Gasteiger partial charge in [-0.1, -0.05) is 50.1 Å². The maximum absolute atomic E-state index is 11.7. The largest absolute Gasteiger partial charge is 0.507 e. The van der Waals surface area contributed by atoms with Crippen LogP contribution in [0.25, 0.3) is 32.7 Å². The van der Waals surface area contributed by atoms with Crippen LogP contribution in [0.2, 0.25) is 0 Å². The number of rotatable bonds is 5. The van der Waals surface area contributed by atoms with Crippen LogP contribution >= 0.6 is 0 Å². The van der Waals surface area contributed by atoms with E-state index in [4.69, 9.17) is 0 Å². The molecule has 0 aliphatic rings. The summed E-state index contributed by atoms with van der Waals surface area (Å²) in [6.07, 6.45) is 1.80. The van der Waals surface area contributed by atoms with Crippen LogP contribution in [-0.2, 0) is 0 Å². The molecule has 8 N–H and O–H groups in total. The first-order chi connectivity index (χ1) is 18.8. The molecule has 0 unspecified atom stereocenters. The topological polar surface area (TPSA) is 187 Å². The molecule has 0 saturated heterocycles. The maximum Gasteiger partial charge on any atom is 0.167 e. The molecule has 4 rings (SSSR count). The van der Waals surface area contributed by atoms with Crippen molar-refractivity contribution in [1.82, 2.24) is 0 Å². The molecule has 0 bridgehead atoms. The minimum Gasteiger partial charge on any atom is -0.507 e. The minimum absolute atomic E-state index is 0.0878. The Labute approximate surface area is 230 Å². The highest BCUT2D eigenvalue weighted by atomic mass is 16.4. The third kappa shape index (κ3) is 3.95. The summed E-state index contributed by atoms with van der Waals surface area (Å²) >= 11 is 0. The lowest BCUT2D eigenvalue weighted by atomic mass is 9.83. The molecule has 0 aliphatic heterocycles. The summed E-state index contributed by atoms with van der Waals surface area (Å²) in [5, 5.41) is 92.2. The van der Waals surface area contributed by atoms with Crippen molar-refractivity contribution in [2.24, 2.45) is 10.3 Å². The van der Waals surface area contributed by atoms with Gasteiger partial charge in [0.1, 0.15) is 11.5 Å². The average Bonchev–Trinajstić information content (AvgIpc) is 2.86. The molecular weight excluding hydrogens is 516 g/mol. The zero-order chi connectivity index (χ0) is 29.8. The van der Waals surface area contributed by atoms with E-state index in [0.29, 0.717) is 33.0 Å². The SMILES string of the molecule is Cc1cc2c(C(C)C)c(O)c(O)c(/C=N/O)c2c(O)c1-c1c(C)cc2c(C(C)C)c(O)c(O)c(/C=N/O)c2c1O. The van der Waals surface area contributed by atoms with Gasteiger partial charge >= 0.3 is 0 Å². The quantitative estimate of drug-likeness (QED) is 0.0611. The average molecular weight is 549 g/mol. The molecule has 10 heteroatoms. The lowest BCUT2D eigenvalue weighted by molar-refractivity contribution is 0.321. The van der Waals surface area contributed by atoms with E-state index >= 15 is 0 Å². The van der Waals surface area contributed by atoms with Crippen molar-refractivity contribution in [3.05, 3.63) is 45.5 Å². The Morgan fingerprint density at radius 3 is 1.15 bits per heavy atom. The van der Waals surface area contributed by atoms with E-state index in [1.54, 1.807) is 26.0 Å². The molecule has 0 heterocycles. The number of hydrogen-bond donors (Lipinski definition) is 8. The van der Waals surface area contributed by atoms with E-state index in [1.807, 2.05) is 27.7 Å². The summed E-state index contributed by atoms with van der Waals surface area (Å²) in [5.74, 6) is -3.22. The van der Waals surface area contributed by atoms with Crippen LogP contribution in [0, 0.1) is 13.8 Å². The smallest absolute Gasteiger partial charge is 0.167 e. The zero-order valence-corrected chi connectivity index (χ0v) is 22.9. The number of aromatic hydroxyl groups is 6. The van der Waals surface area contributed by atoms with Crippen molar-refractivity contribution in [3.63, 3.8) is 0 Å². The standard InChI is InChI=1S/C30H32N2O8/c1-11(2)19-15-7-13(5)21(27(35)23(15)17(9-31-39)25(33)29(19)37)22-14(6)8-16-20(12(3)4)30(38)26(34)18(10-32-40)24(16)28(22)36/h7-12,33-40H,1-6H3/b31-9+,32-10+. The molecule has 0 amide bonds. The molecular formula is C30H32N2O8. The van der Waals surface area contributed by atoms with Crippen molar-refractivity contribution in [2.45, 2.75) is 53.4 Å². The van der Waals surface area contributed by atoms with Gasteiger partial charge in [-0.25, -0.2) is 0 Å². The van der Waals surface area contributed by atoms with Gasteiger partial charge in [-0.15, -0.1) is 0 Å². The van der Waals surface area contributed by atoms with Gasteiger partial charge in [0.25, 0.3) is 0 Å². The van der Waals surface area contributed by atoms with Gasteiger partial charge in [0.05, 0.1) is 23.6 Å². The fraction of sp³-hybridized carbons (Fsp3) is 0.267. The summed E-state index contributed by atoms with van der Waals surface area (Å²) in [7, 11) is 0. The number of fused-ring (bicyclic) bond motifs is 2. The molecule has 0 radical (unpaired) electrons. The first-order valence-corrected chi connectivity index (χ1v) is 12.6. The number of benzene rings is 4. The predicted molar refractivity (Wildman–Crippen MR) is 153 cm³/mol. The predicted octanol–water partition coefficient (Wildman–Crippen LogP) is 6.37. The number of phenols is 6. The summed E-state index contributed by atoms with van der Waals surface area (Å²) in [6, 6.07) is 3.39. The van der Waals surface area contributed by atoms with Gasteiger partial charge in [-0.3, -0.25) is 0 Å². The molecule has 210 valence electrons. The van der Waals surface area contributed by atoms with E-state index < -0.39 is 23.0 Å². The Kier molecular flexibility index (Phi) is 7.06. The van der Waals surface area contributed by atoms with E-state index in [9.17, 15) is 41.1 Å². The molecule has 40 heavy (non-hydrogen) atoms. The molecule has 0 aliphatic carbocycles. The van der Waals surface area contributed by atoms with Crippen LogP contribution in [-0.4, -0.2) is 53.5 Å². The highest BCUT2D eigenvalue weighted by Crippen LogP contribution is 2.54. The van der Waals surface area contributed by atoms with Crippen LogP contribution in [0.3, 0.4) is 0 Å². The number of aryl methyl sites for hydroxylation is 2. The minimum atomic E-state index is -0.582. The van der Waals surface area contributed by atoms with Crippen LogP contribution in [0.1, 0.15) is 72.9 Å². The van der Waals surface area contributed by atoms with Gasteiger partial charge < -0.3 is 41.1 Å². The number of hydrogen-bond acceptors (Lipinski definition) is 10. The second kappa shape index (κ2) is 10.0. The van der Waals surface area contributed by atoms with Crippen molar-refractivity contribution in [2.75, 3.05) is 0 Å². The molecule has 4 aromatic rings. The van der Waals surface area contributed by atoms with Crippen molar-refractivity contribution in [1.29, 1.82) is 0 Å². The summed E-state index contributed by atoms with van der Waals surface area (Å²) in [4.78, 5) is 0. The Hall–Kier alpha value is -4.86. The number of phenolic OH excluding ortho intramolecular Hbond substituents is 6. The first kappa shape index (κ1) is 28.2. The monoisotopic (exact) mass is 548 g/mol. The lowest BCUT2D eigenvalue weighted by Gasteiger charge is -2.23. The molecule has 10 nitrogen and oxygen atoms in total. The normalized spacial score (nSPS) is 12.3. The van der Waals surface area contributed by atoms with Crippen molar-refractivity contribution < 1.29 is 41.1 Å². The van der Waals surface area contributed by atoms with Crippen LogP contribution in [0.4, 0.5) is 0 Å². The Morgan fingerprint density at radius 1 is 0.550 bits per heavy atom. The van der Waals surface area contributed by atoms with Gasteiger partial charge in [0.15, 0.2) is 23.0 Å². The van der Waals surface area contributed by atoms with Gasteiger partial charge in [0.2, 0.25) is 0 Å². The van der Waals surface area contributed by atoms with Crippen molar-refractivity contribution in [3.8, 4) is 45.6 Å². The molecule has 0 spiro atoms. The second-order valence-electron chi connectivity index (χ2n) is 10.5. The van der Waals surface area contributed by atoms with E-state index in [2.05, 4.69) is 10.3 Å². The van der Waals surface area contributed by atoms with Gasteiger partial charge in [0, 0.05) is 33.0 Å². The Bertz CT molecular complexity index is 1620. The van der Waals surface area contributed by atoms with Gasteiger partial charge in [-0.2, -0.15) is 0 Å². The van der Waals surface area contributed by atoms with E-state index in [1.165, 1.54) is 0 Å². The summed E-state index contributed by atoms with van der Waals surface area (Å²) in [6.45, 7) is 10.7. The molecule has 0 fully saturated rings. The molecule has 0 aromatic heterocycles. The maximum atomic E-state index is 11.7. The van der Waals surface area contributed by atoms with Crippen molar-refractivity contribution >= 4 is 34.0 Å². The highest BCUT2D eigenvalue weighted by molar-refractivity contribution is 6.14. The Morgan fingerprint density at radius 2 is 0.875 bits per heavy atom. The molecule has 0 atom stereocenters. The number of oxime groups is 2. The summed E-state index contributed by atoms with van der Waals surface area (Å²) in [5.41, 5.74) is 1.86. The van der Waals surface area contributed by atoms with Gasteiger partial charge in [-0.05, 0) is 47.6 Å². The lowest BCUT2D eigenvalue weighted by Crippen LogP contribution is -2.01. The second-order valence-corrected chi connectivity index (χ2v) is 10.5. The molecule has 4 aromatic carbocycles. The highest BCUT2D eigenvalue weighted by Gasteiger charge is 2.29. The third-order valence-electron chi connectivity index (χ3n) is 7.36. The summed E-state index contributed by atoms with van der Waals surface area (Å²) < 4.78 is 0. The van der Waals surface area contributed by atoms with E-state index in [-0.39, 0.29) is 56.4 Å². The zero-order valence-electron chi connectivity index (χ0n) is 22.9. The van der Waals surface area contributed by atoms with Crippen LogP contribution in [0.15, 0.2) is 22.4 Å². The van der Waals surface area contributed by atoms with E-state index in [0.717, 1.165) is 12.4 Å². The fourth-order valence-corrected chi connectivity index (χ4v) is 5.74.